The minimum absolute atomic E-state index is 1.35. The fourth-order valence-electron chi connectivity index (χ4n) is 0.0962. The Morgan fingerprint density at radius 2 is 1.67 bits per heavy atom. The van der Waals surface area contributed by atoms with Crippen LogP contribution in [-0.2, 0) is 7.58 Å². The van der Waals surface area contributed by atoms with Gasteiger partial charge in [-0.1, -0.05) is 0 Å². The van der Waals surface area contributed by atoms with E-state index >= 15 is 0 Å². The molecule has 0 saturated carbocycles. The SMILES string of the molecule is C[O][Al]([Br])[O]C. The highest BCUT2D eigenvalue weighted by Gasteiger charge is 2.14. The fraction of sp³-hybridized carbons (Fsp3) is 1.00. The molecule has 0 aromatic rings. The van der Waals surface area contributed by atoms with Crippen molar-refractivity contribution in [1.82, 2.24) is 0 Å². The Bertz CT molecular complexity index is 30.7. The summed E-state index contributed by atoms with van der Waals surface area (Å²) in [5.41, 5.74) is 0. The Morgan fingerprint density at radius 3 is 1.67 bits per heavy atom. The van der Waals surface area contributed by atoms with E-state index in [9.17, 15) is 0 Å². The summed E-state index contributed by atoms with van der Waals surface area (Å²) in [6, 6.07) is 0. The van der Waals surface area contributed by atoms with Crippen molar-refractivity contribution in [3.63, 3.8) is 0 Å². The Morgan fingerprint density at radius 1 is 1.33 bits per heavy atom. The Hall–Kier alpha value is 0.932. The van der Waals surface area contributed by atoms with E-state index in [1.54, 1.807) is 14.2 Å². The maximum absolute atomic E-state index is 4.73. The van der Waals surface area contributed by atoms with Crippen LogP contribution in [0.1, 0.15) is 0 Å². The van der Waals surface area contributed by atoms with Crippen LogP contribution in [0.5, 0.6) is 0 Å². The van der Waals surface area contributed by atoms with Gasteiger partial charge in [0.05, 0.1) is 0 Å². The predicted octanol–water partition coefficient (Wildman–Crippen LogP) is 0.659. The molecule has 0 atom stereocenters. The molecule has 0 spiro atoms. The van der Waals surface area contributed by atoms with Crippen molar-refractivity contribution in [1.29, 1.82) is 0 Å². The second kappa shape index (κ2) is 4.10. The van der Waals surface area contributed by atoms with Gasteiger partial charge in [-0.25, -0.2) is 0 Å². The van der Waals surface area contributed by atoms with Crippen LogP contribution in [0.3, 0.4) is 0 Å². The van der Waals surface area contributed by atoms with Gasteiger partial charge in [0, 0.05) is 14.2 Å². The van der Waals surface area contributed by atoms with Crippen molar-refractivity contribution in [2.45, 2.75) is 0 Å². The second-order valence-electron chi connectivity index (χ2n) is 0.746. The average molecular weight is 169 g/mol. The van der Waals surface area contributed by atoms with Crippen LogP contribution in [0.4, 0.5) is 0 Å². The first-order valence-electron chi connectivity index (χ1n) is 1.51. The summed E-state index contributed by atoms with van der Waals surface area (Å²) in [6.45, 7) is 0. The van der Waals surface area contributed by atoms with Crippen LogP contribution in [0.2, 0.25) is 0 Å². The van der Waals surface area contributed by atoms with Gasteiger partial charge in [-0.15, -0.1) is 14.1 Å². The summed E-state index contributed by atoms with van der Waals surface area (Å²) < 4.78 is 9.47. The summed E-state index contributed by atoms with van der Waals surface area (Å²) in [6.07, 6.45) is 0. The van der Waals surface area contributed by atoms with E-state index in [4.69, 9.17) is 7.58 Å². The van der Waals surface area contributed by atoms with Crippen molar-refractivity contribution in [3.05, 3.63) is 0 Å². The molecule has 0 aliphatic carbocycles. The van der Waals surface area contributed by atoms with Crippen molar-refractivity contribution in [2.75, 3.05) is 14.2 Å². The number of halogens is 1. The molecule has 0 aromatic heterocycles. The Balaban J connectivity index is 2.75. The Labute approximate surface area is 49.1 Å². The molecule has 2 nitrogen and oxygen atoms in total. The van der Waals surface area contributed by atoms with Gasteiger partial charge in [-0.05, 0) is 0 Å². The van der Waals surface area contributed by atoms with Gasteiger partial charge < -0.3 is 7.58 Å². The number of hydrogen-bond acceptors (Lipinski definition) is 2. The molecular weight excluding hydrogens is 163 g/mol. The molecule has 4 heteroatoms. The Kier molecular flexibility index (Phi) is 4.74. The normalized spacial score (nSPS) is 8.50. The first-order chi connectivity index (χ1) is 2.81. The molecule has 36 valence electrons. The lowest BCUT2D eigenvalue weighted by Crippen LogP contribution is -2.08. The van der Waals surface area contributed by atoms with E-state index in [2.05, 4.69) is 14.1 Å². The maximum atomic E-state index is 4.73. The van der Waals surface area contributed by atoms with Crippen LogP contribution in [0.25, 0.3) is 0 Å². The molecule has 0 heterocycles. The van der Waals surface area contributed by atoms with Gasteiger partial charge >= 0.3 is 13.0 Å². The van der Waals surface area contributed by atoms with E-state index in [0.29, 0.717) is 0 Å². The lowest BCUT2D eigenvalue weighted by atomic mass is 11.8. The van der Waals surface area contributed by atoms with Crippen LogP contribution < -0.4 is 0 Å². The van der Waals surface area contributed by atoms with Gasteiger partial charge in [-0.2, -0.15) is 0 Å². The molecule has 0 aromatic carbocycles. The zero-order chi connectivity index (χ0) is 4.99. The summed E-state index contributed by atoms with van der Waals surface area (Å²) in [5.74, 6) is 0. The molecule has 0 bridgehead atoms. The number of hydrogen-bond donors (Lipinski definition) is 0. The maximum Gasteiger partial charge on any atom is 0.773 e. The lowest BCUT2D eigenvalue weighted by molar-refractivity contribution is 0.303. The highest BCUT2D eigenvalue weighted by Crippen LogP contribution is 1.90. The van der Waals surface area contributed by atoms with Crippen molar-refractivity contribution in [2.24, 2.45) is 0 Å². The third kappa shape index (κ3) is 3.14. The zero-order valence-electron chi connectivity index (χ0n) is 3.77. The topological polar surface area (TPSA) is 18.5 Å². The largest absolute Gasteiger partial charge is 0.773 e. The smallest absolute Gasteiger partial charge is 0.472 e. The van der Waals surface area contributed by atoms with E-state index in [0.717, 1.165) is 0 Å². The minimum atomic E-state index is -1.35. The molecule has 0 aliphatic heterocycles. The van der Waals surface area contributed by atoms with Crippen molar-refractivity contribution < 1.29 is 7.58 Å². The molecule has 0 fully saturated rings. The van der Waals surface area contributed by atoms with Crippen molar-refractivity contribution in [3.8, 4) is 0 Å². The van der Waals surface area contributed by atoms with Gasteiger partial charge in [0.2, 0.25) is 0 Å². The molecule has 0 radical (unpaired) electrons. The molecule has 0 rings (SSSR count). The molecule has 0 saturated heterocycles. The monoisotopic (exact) mass is 168 g/mol. The highest BCUT2D eigenvalue weighted by atomic mass is 79.9. The minimum Gasteiger partial charge on any atom is -0.472 e. The van der Waals surface area contributed by atoms with Gasteiger partial charge in [0.15, 0.2) is 0 Å². The third-order valence-electron chi connectivity index (χ3n) is 0.371. The molecule has 6 heavy (non-hydrogen) atoms. The van der Waals surface area contributed by atoms with Gasteiger partial charge in [0.1, 0.15) is 0 Å². The lowest BCUT2D eigenvalue weighted by Gasteiger charge is -1.92. The zero-order valence-corrected chi connectivity index (χ0v) is 6.51. The molecule has 0 aliphatic rings. The summed E-state index contributed by atoms with van der Waals surface area (Å²) in [7, 11) is 3.24. The second-order valence-corrected chi connectivity index (χ2v) is 4.48. The van der Waals surface area contributed by atoms with Crippen LogP contribution in [0, 0.1) is 0 Å². The highest BCUT2D eigenvalue weighted by molar-refractivity contribution is 9.24. The first kappa shape index (κ1) is 6.93. The summed E-state index contributed by atoms with van der Waals surface area (Å²) >= 11 is 1.82. The summed E-state index contributed by atoms with van der Waals surface area (Å²) in [4.78, 5) is 0. The fourth-order valence-corrected chi connectivity index (χ4v) is 0.289. The molecule has 0 amide bonds. The molecule has 0 unspecified atom stereocenters. The quantitative estimate of drug-likeness (QED) is 0.565. The molecule has 0 N–H and O–H groups in total. The van der Waals surface area contributed by atoms with Crippen LogP contribution in [0.15, 0.2) is 0 Å². The van der Waals surface area contributed by atoms with Crippen LogP contribution >= 0.6 is 14.1 Å². The van der Waals surface area contributed by atoms with Crippen molar-refractivity contribution >= 4 is 27.0 Å². The first-order valence-corrected chi connectivity index (χ1v) is 5.63. The summed E-state index contributed by atoms with van der Waals surface area (Å²) in [5, 5.41) is 0. The van der Waals surface area contributed by atoms with Crippen LogP contribution in [-0.4, -0.2) is 27.2 Å². The predicted molar refractivity (Wildman–Crippen MR) is 28.7 cm³/mol. The molecular formula is C2H6AlBrO2. The van der Waals surface area contributed by atoms with E-state index < -0.39 is 13.0 Å². The van der Waals surface area contributed by atoms with Gasteiger partial charge in [-0.3, -0.25) is 0 Å². The van der Waals surface area contributed by atoms with Gasteiger partial charge in [0.25, 0.3) is 0 Å². The van der Waals surface area contributed by atoms with E-state index in [-0.39, 0.29) is 0 Å². The standard InChI is InChI=1S/2CH3O.Al.BrH/c2*1-2;;/h2*1H3;;1H/q2*-1;+3;/p-1. The average Bonchev–Trinajstić information content (AvgIpc) is 1.65. The third-order valence-corrected chi connectivity index (χ3v) is 3.35. The number of rotatable bonds is 2. The van der Waals surface area contributed by atoms with E-state index in [1.807, 2.05) is 0 Å². The van der Waals surface area contributed by atoms with E-state index in [1.165, 1.54) is 0 Å².